The molecule has 2 heterocycles. The number of piperidine rings is 1. The second-order valence-electron chi connectivity index (χ2n) is 6.68. The van der Waals surface area contributed by atoms with Crippen LogP contribution < -0.4 is 10.6 Å². The van der Waals surface area contributed by atoms with Gasteiger partial charge in [-0.2, -0.15) is 0 Å². The number of carbonyl (C=O) groups is 1. The van der Waals surface area contributed by atoms with E-state index in [0.717, 1.165) is 0 Å². The van der Waals surface area contributed by atoms with Crippen LogP contribution in [-0.2, 0) is 9.53 Å². The highest BCUT2D eigenvalue weighted by Gasteiger charge is 2.47. The molecule has 7 heteroatoms. The van der Waals surface area contributed by atoms with Gasteiger partial charge in [0.2, 0.25) is 5.91 Å². The third kappa shape index (κ3) is 3.12. The number of carbonyl (C=O) groups excluding carboxylic acids is 1. The molecule has 0 bridgehead atoms. The Morgan fingerprint density at radius 2 is 2.00 bits per heavy atom. The summed E-state index contributed by atoms with van der Waals surface area (Å²) in [7, 11) is 1.30. The highest BCUT2D eigenvalue weighted by molar-refractivity contribution is 5.82. The van der Waals surface area contributed by atoms with Crippen molar-refractivity contribution in [2.45, 2.75) is 56.3 Å². The van der Waals surface area contributed by atoms with Gasteiger partial charge in [0.15, 0.2) is 0 Å². The zero-order chi connectivity index (χ0) is 15.7. The quantitative estimate of drug-likeness (QED) is 0.814. The largest absolute Gasteiger partial charge is 0.375 e. The number of hydrogen-bond acceptors (Lipinski definition) is 4. The first-order valence-electron chi connectivity index (χ1n) is 8.20. The summed E-state index contributed by atoms with van der Waals surface area (Å²) in [5, 5.41) is 6.64. The molecule has 0 radical (unpaired) electrons. The Hall–Kier alpha value is -0.790. The first kappa shape index (κ1) is 16.1. The summed E-state index contributed by atoms with van der Waals surface area (Å²) in [5.41, 5.74) is 0. The first-order valence-corrected chi connectivity index (χ1v) is 8.20. The minimum Gasteiger partial charge on any atom is -0.375 e. The lowest BCUT2D eigenvalue weighted by atomic mass is 10.0. The lowest BCUT2D eigenvalue weighted by Gasteiger charge is -2.38. The van der Waals surface area contributed by atoms with Crippen molar-refractivity contribution in [2.24, 2.45) is 5.92 Å². The Labute approximate surface area is 129 Å². The fourth-order valence-electron chi connectivity index (χ4n) is 3.95. The van der Waals surface area contributed by atoms with Crippen LogP contribution in [0.15, 0.2) is 0 Å². The molecule has 2 N–H and O–H groups in total. The summed E-state index contributed by atoms with van der Waals surface area (Å²) in [4.78, 5) is 13.8. The Bertz CT molecular complexity index is 416. The van der Waals surface area contributed by atoms with Gasteiger partial charge in [0.05, 0.1) is 12.7 Å². The molecule has 0 aromatic heterocycles. The van der Waals surface area contributed by atoms with Gasteiger partial charge in [-0.3, -0.25) is 15.4 Å². The average molecular weight is 317 g/mol. The maximum atomic E-state index is 13.9. The molecule has 5 nitrogen and oxygen atoms in total. The number of methoxy groups -OCH3 is 1. The highest BCUT2D eigenvalue weighted by Crippen LogP contribution is 2.31. The zero-order valence-corrected chi connectivity index (χ0v) is 13.0. The molecule has 22 heavy (non-hydrogen) atoms. The van der Waals surface area contributed by atoms with Gasteiger partial charge in [-0.15, -0.1) is 0 Å². The molecule has 0 spiro atoms. The van der Waals surface area contributed by atoms with Crippen LogP contribution in [0.1, 0.15) is 32.1 Å². The van der Waals surface area contributed by atoms with E-state index < -0.39 is 18.6 Å². The van der Waals surface area contributed by atoms with Crippen LogP contribution in [-0.4, -0.2) is 61.8 Å². The molecule has 0 aromatic rings. The van der Waals surface area contributed by atoms with E-state index in [9.17, 15) is 13.6 Å². The second kappa shape index (κ2) is 6.37. The molecular weight excluding hydrogens is 292 g/mol. The molecule has 2 unspecified atom stereocenters. The van der Waals surface area contributed by atoms with Crippen LogP contribution in [0.5, 0.6) is 0 Å². The molecule has 3 fully saturated rings. The number of hydrogen-bond donors (Lipinski definition) is 2. The fourth-order valence-corrected chi connectivity index (χ4v) is 3.95. The molecule has 3 aliphatic rings. The Morgan fingerprint density at radius 1 is 1.27 bits per heavy atom. The normalized spacial score (nSPS) is 36.0. The number of nitrogens with zero attached hydrogens (tertiary/aromatic N) is 1. The van der Waals surface area contributed by atoms with Crippen molar-refractivity contribution in [1.29, 1.82) is 0 Å². The van der Waals surface area contributed by atoms with Crippen molar-refractivity contribution in [3.8, 4) is 0 Å². The monoisotopic (exact) mass is 317 g/mol. The number of ether oxygens (including phenoxy) is 1. The minimum absolute atomic E-state index is 0.147. The smallest absolute Gasteiger partial charge is 0.290 e. The van der Waals surface area contributed by atoms with E-state index in [-0.39, 0.29) is 24.5 Å². The summed E-state index contributed by atoms with van der Waals surface area (Å²) in [6, 6.07) is -0.388. The van der Waals surface area contributed by atoms with Crippen LogP contribution in [0.4, 0.5) is 8.78 Å². The van der Waals surface area contributed by atoms with Crippen molar-refractivity contribution < 1.29 is 18.3 Å². The van der Waals surface area contributed by atoms with Crippen LogP contribution >= 0.6 is 0 Å². The molecule has 1 amide bonds. The van der Waals surface area contributed by atoms with Crippen LogP contribution in [0.2, 0.25) is 0 Å². The van der Waals surface area contributed by atoms with E-state index in [0.29, 0.717) is 19.0 Å². The average Bonchev–Trinajstić information content (AvgIpc) is 3.16. The third-order valence-corrected chi connectivity index (χ3v) is 5.22. The molecule has 1 aliphatic carbocycles. The van der Waals surface area contributed by atoms with Crippen LogP contribution in [0.25, 0.3) is 0 Å². The molecular formula is C15H25F2N3O2. The Morgan fingerprint density at radius 3 is 2.64 bits per heavy atom. The third-order valence-electron chi connectivity index (χ3n) is 5.22. The Balaban J connectivity index is 1.56. The van der Waals surface area contributed by atoms with Gasteiger partial charge in [-0.1, -0.05) is 12.8 Å². The molecule has 3 atom stereocenters. The Kier molecular flexibility index (Phi) is 4.66. The number of nitrogens with one attached hydrogen (secondary N) is 2. The molecule has 0 aromatic carbocycles. The second-order valence-corrected chi connectivity index (χ2v) is 6.68. The molecule has 2 saturated heterocycles. The van der Waals surface area contributed by atoms with Crippen LogP contribution in [0.3, 0.4) is 0 Å². The maximum Gasteiger partial charge on any atom is 0.290 e. The zero-order valence-electron chi connectivity index (χ0n) is 13.0. The van der Waals surface area contributed by atoms with E-state index in [1.54, 1.807) is 0 Å². The van der Waals surface area contributed by atoms with Crippen molar-refractivity contribution in [3.63, 3.8) is 0 Å². The fraction of sp³-hybridized carbons (Fsp3) is 0.933. The molecule has 2 aliphatic heterocycles. The van der Waals surface area contributed by atoms with Gasteiger partial charge in [-0.25, -0.2) is 8.78 Å². The standard InChI is InChI=1S/C15H25F2N3O2/c1-22-12-6-7-20(9-15(12,16)17)14(21)11-8-18-13(19-11)10-4-2-3-5-10/h10-13,18-19H,2-9H2,1H3/t11?,12-,13?/m0/s1. The van der Waals surface area contributed by atoms with Crippen molar-refractivity contribution in [1.82, 2.24) is 15.5 Å². The van der Waals surface area contributed by atoms with E-state index in [2.05, 4.69) is 10.6 Å². The van der Waals surface area contributed by atoms with Crippen molar-refractivity contribution in [2.75, 3.05) is 26.7 Å². The molecule has 3 rings (SSSR count). The van der Waals surface area contributed by atoms with Gasteiger partial charge in [0.1, 0.15) is 12.1 Å². The molecule has 1 saturated carbocycles. The van der Waals surface area contributed by atoms with Crippen molar-refractivity contribution >= 4 is 5.91 Å². The van der Waals surface area contributed by atoms with Gasteiger partial charge in [-0.05, 0) is 25.2 Å². The summed E-state index contributed by atoms with van der Waals surface area (Å²) in [6.07, 6.45) is 4.05. The summed E-state index contributed by atoms with van der Waals surface area (Å²) < 4.78 is 32.7. The summed E-state index contributed by atoms with van der Waals surface area (Å²) in [6.45, 7) is 0.311. The topological polar surface area (TPSA) is 53.6 Å². The number of likely N-dealkylation sites (tertiary alicyclic amines) is 1. The predicted octanol–water partition coefficient (Wildman–Crippen LogP) is 0.947. The highest BCUT2D eigenvalue weighted by atomic mass is 19.3. The predicted molar refractivity (Wildman–Crippen MR) is 77.6 cm³/mol. The maximum absolute atomic E-state index is 13.9. The van der Waals surface area contributed by atoms with E-state index in [1.807, 2.05) is 0 Å². The SMILES string of the molecule is CO[C@H]1CCN(C(=O)C2CNC(C3CCCC3)N2)CC1(F)F. The minimum atomic E-state index is -2.97. The number of rotatable bonds is 3. The first-order chi connectivity index (χ1) is 10.5. The van der Waals surface area contributed by atoms with Gasteiger partial charge in [0, 0.05) is 20.2 Å². The van der Waals surface area contributed by atoms with E-state index in [4.69, 9.17) is 4.74 Å². The summed E-state index contributed by atoms with van der Waals surface area (Å²) in [5.74, 6) is -2.64. The summed E-state index contributed by atoms with van der Waals surface area (Å²) >= 11 is 0. The lowest BCUT2D eigenvalue weighted by molar-refractivity contribution is -0.173. The van der Waals surface area contributed by atoms with Crippen molar-refractivity contribution in [3.05, 3.63) is 0 Å². The van der Waals surface area contributed by atoms with Gasteiger partial charge < -0.3 is 9.64 Å². The number of amides is 1. The van der Waals surface area contributed by atoms with E-state index in [1.165, 1.54) is 37.7 Å². The van der Waals surface area contributed by atoms with Gasteiger partial charge >= 0.3 is 0 Å². The number of alkyl halides is 2. The lowest BCUT2D eigenvalue weighted by Crippen LogP contribution is -2.57. The van der Waals surface area contributed by atoms with E-state index >= 15 is 0 Å². The molecule has 126 valence electrons. The number of halogens is 2. The van der Waals surface area contributed by atoms with Gasteiger partial charge in [0.25, 0.3) is 5.92 Å². The van der Waals surface area contributed by atoms with Crippen LogP contribution in [0, 0.1) is 5.92 Å².